The lowest BCUT2D eigenvalue weighted by Crippen LogP contribution is -2.22. The minimum Gasteiger partial charge on any atom is -0.369 e. The van der Waals surface area contributed by atoms with E-state index in [-0.39, 0.29) is 5.96 Å². The predicted octanol–water partition coefficient (Wildman–Crippen LogP) is 0.522. The molecule has 0 aliphatic carbocycles. The summed E-state index contributed by atoms with van der Waals surface area (Å²) in [5.74, 6) is 0.0130. The molecule has 0 saturated carbocycles. The molecular formula is C12H17N5. The summed E-state index contributed by atoms with van der Waals surface area (Å²) in [7, 11) is 0. The first kappa shape index (κ1) is 11.6. The van der Waals surface area contributed by atoms with Gasteiger partial charge < -0.3 is 11.5 Å². The Morgan fingerprint density at radius 2 is 2.00 bits per heavy atom. The molecule has 5 nitrogen and oxygen atoms in total. The van der Waals surface area contributed by atoms with Crippen molar-refractivity contribution in [3.05, 3.63) is 35.9 Å². The molecule has 0 amide bonds. The standard InChI is InChI=1S/C12H17N5/c13-12(14)16-15-11-6-7-17(9-11)8-10-4-2-1-3-5-10/h1-5H,6-9H2,(H4,13,14,16). The van der Waals surface area contributed by atoms with Crippen LogP contribution in [-0.2, 0) is 6.54 Å². The lowest BCUT2D eigenvalue weighted by atomic mass is 10.2. The van der Waals surface area contributed by atoms with Gasteiger partial charge in [0, 0.05) is 26.1 Å². The maximum absolute atomic E-state index is 5.24. The van der Waals surface area contributed by atoms with E-state index in [1.165, 1.54) is 5.56 Å². The summed E-state index contributed by atoms with van der Waals surface area (Å²) in [6, 6.07) is 10.4. The van der Waals surface area contributed by atoms with Gasteiger partial charge in [-0.15, -0.1) is 5.10 Å². The number of hydrogen-bond acceptors (Lipinski definition) is 3. The van der Waals surface area contributed by atoms with Gasteiger partial charge in [0.25, 0.3) is 0 Å². The normalized spacial score (nSPS) is 18.5. The second-order valence-corrected chi connectivity index (χ2v) is 4.14. The van der Waals surface area contributed by atoms with E-state index in [4.69, 9.17) is 11.5 Å². The van der Waals surface area contributed by atoms with Crippen molar-refractivity contribution in [1.82, 2.24) is 4.90 Å². The Hall–Kier alpha value is -1.88. The van der Waals surface area contributed by atoms with Crippen LogP contribution in [0.4, 0.5) is 0 Å². The van der Waals surface area contributed by atoms with Gasteiger partial charge in [0.15, 0.2) is 0 Å². The van der Waals surface area contributed by atoms with Gasteiger partial charge in [-0.1, -0.05) is 30.3 Å². The first-order valence-corrected chi connectivity index (χ1v) is 5.64. The maximum Gasteiger partial charge on any atom is 0.211 e. The van der Waals surface area contributed by atoms with Crippen LogP contribution in [0.25, 0.3) is 0 Å². The van der Waals surface area contributed by atoms with E-state index in [9.17, 15) is 0 Å². The summed E-state index contributed by atoms with van der Waals surface area (Å²) in [5, 5.41) is 7.71. The molecule has 1 heterocycles. The number of likely N-dealkylation sites (tertiary alicyclic amines) is 1. The molecule has 0 aromatic heterocycles. The van der Waals surface area contributed by atoms with Crippen molar-refractivity contribution in [3.63, 3.8) is 0 Å². The number of guanidine groups is 1. The molecule has 1 saturated heterocycles. The summed E-state index contributed by atoms with van der Waals surface area (Å²) in [6.07, 6.45) is 0.934. The fraction of sp³-hybridized carbons (Fsp3) is 0.333. The molecule has 0 radical (unpaired) electrons. The Bertz CT molecular complexity index is 420. The highest BCUT2D eigenvalue weighted by molar-refractivity contribution is 5.89. The van der Waals surface area contributed by atoms with Gasteiger partial charge in [-0.3, -0.25) is 4.90 Å². The van der Waals surface area contributed by atoms with E-state index in [2.05, 4.69) is 39.4 Å². The van der Waals surface area contributed by atoms with Crippen molar-refractivity contribution in [3.8, 4) is 0 Å². The molecule has 4 N–H and O–H groups in total. The van der Waals surface area contributed by atoms with Crippen molar-refractivity contribution >= 4 is 11.7 Å². The molecule has 0 atom stereocenters. The number of nitrogens with two attached hydrogens (primary N) is 2. The van der Waals surface area contributed by atoms with Gasteiger partial charge in [-0.25, -0.2) is 0 Å². The van der Waals surface area contributed by atoms with Gasteiger partial charge in [-0.2, -0.15) is 5.10 Å². The molecule has 1 aliphatic heterocycles. The maximum atomic E-state index is 5.24. The molecule has 17 heavy (non-hydrogen) atoms. The minimum atomic E-state index is 0.0130. The third kappa shape index (κ3) is 3.57. The van der Waals surface area contributed by atoms with Crippen LogP contribution in [-0.4, -0.2) is 29.7 Å². The smallest absolute Gasteiger partial charge is 0.211 e. The molecule has 0 unspecified atom stereocenters. The minimum absolute atomic E-state index is 0.0130. The fourth-order valence-corrected chi connectivity index (χ4v) is 1.89. The van der Waals surface area contributed by atoms with Crippen molar-refractivity contribution in [2.45, 2.75) is 13.0 Å². The summed E-state index contributed by atoms with van der Waals surface area (Å²) in [4.78, 5) is 2.33. The van der Waals surface area contributed by atoms with Crippen molar-refractivity contribution in [2.75, 3.05) is 13.1 Å². The zero-order valence-electron chi connectivity index (χ0n) is 9.71. The van der Waals surface area contributed by atoms with Crippen LogP contribution in [0, 0.1) is 0 Å². The molecule has 0 spiro atoms. The van der Waals surface area contributed by atoms with E-state index < -0.39 is 0 Å². The van der Waals surface area contributed by atoms with Gasteiger partial charge in [-0.05, 0) is 5.56 Å². The molecule has 90 valence electrons. The zero-order chi connectivity index (χ0) is 12.1. The SMILES string of the molecule is NC(N)=NN=C1CCN(Cc2ccccc2)C1. The lowest BCUT2D eigenvalue weighted by molar-refractivity contribution is 0.341. The van der Waals surface area contributed by atoms with Crippen molar-refractivity contribution in [1.29, 1.82) is 0 Å². The second kappa shape index (κ2) is 5.45. The molecule has 1 aromatic rings. The highest BCUT2D eigenvalue weighted by Crippen LogP contribution is 2.11. The van der Waals surface area contributed by atoms with E-state index in [0.29, 0.717) is 0 Å². The van der Waals surface area contributed by atoms with Crippen LogP contribution < -0.4 is 11.5 Å². The average Bonchev–Trinajstić information content (AvgIpc) is 2.75. The molecule has 1 aliphatic rings. The van der Waals surface area contributed by atoms with E-state index in [0.717, 1.165) is 31.8 Å². The second-order valence-electron chi connectivity index (χ2n) is 4.14. The van der Waals surface area contributed by atoms with Crippen LogP contribution in [0.1, 0.15) is 12.0 Å². The summed E-state index contributed by atoms with van der Waals surface area (Å²) < 4.78 is 0. The molecular weight excluding hydrogens is 214 g/mol. The van der Waals surface area contributed by atoms with Crippen LogP contribution in [0.3, 0.4) is 0 Å². The number of benzene rings is 1. The molecule has 5 heteroatoms. The molecule has 2 rings (SSSR count). The van der Waals surface area contributed by atoms with Crippen LogP contribution in [0.15, 0.2) is 40.5 Å². The zero-order valence-corrected chi connectivity index (χ0v) is 9.71. The quantitative estimate of drug-likeness (QED) is 0.452. The third-order valence-electron chi connectivity index (χ3n) is 2.68. The summed E-state index contributed by atoms with van der Waals surface area (Å²) in [6.45, 7) is 2.79. The first-order valence-electron chi connectivity index (χ1n) is 5.64. The highest BCUT2D eigenvalue weighted by atomic mass is 15.3. The van der Waals surface area contributed by atoms with Crippen LogP contribution in [0.2, 0.25) is 0 Å². The van der Waals surface area contributed by atoms with Gasteiger partial charge in [0.1, 0.15) is 0 Å². The average molecular weight is 231 g/mol. The Labute approximate surface area is 101 Å². The Morgan fingerprint density at radius 3 is 2.71 bits per heavy atom. The number of hydrogen-bond donors (Lipinski definition) is 2. The Balaban J connectivity index is 1.91. The Morgan fingerprint density at radius 1 is 1.24 bits per heavy atom. The lowest BCUT2D eigenvalue weighted by Gasteiger charge is -2.13. The number of nitrogens with zero attached hydrogens (tertiary/aromatic N) is 3. The monoisotopic (exact) mass is 231 g/mol. The topological polar surface area (TPSA) is 80.0 Å². The van der Waals surface area contributed by atoms with E-state index in [1.807, 2.05) is 6.07 Å². The number of rotatable bonds is 3. The van der Waals surface area contributed by atoms with Gasteiger partial charge >= 0.3 is 0 Å². The van der Waals surface area contributed by atoms with E-state index >= 15 is 0 Å². The Kier molecular flexibility index (Phi) is 3.72. The fourth-order valence-electron chi connectivity index (χ4n) is 1.89. The van der Waals surface area contributed by atoms with Crippen molar-refractivity contribution in [2.24, 2.45) is 21.7 Å². The van der Waals surface area contributed by atoms with Crippen LogP contribution in [0.5, 0.6) is 0 Å². The molecule has 0 bridgehead atoms. The first-order chi connectivity index (χ1) is 8.24. The van der Waals surface area contributed by atoms with Crippen LogP contribution >= 0.6 is 0 Å². The largest absolute Gasteiger partial charge is 0.369 e. The summed E-state index contributed by atoms with van der Waals surface area (Å²) in [5.41, 5.74) is 12.8. The van der Waals surface area contributed by atoms with Gasteiger partial charge in [0.05, 0.1) is 5.71 Å². The molecule has 1 aromatic carbocycles. The van der Waals surface area contributed by atoms with E-state index in [1.54, 1.807) is 0 Å². The van der Waals surface area contributed by atoms with Crippen molar-refractivity contribution < 1.29 is 0 Å². The highest BCUT2D eigenvalue weighted by Gasteiger charge is 2.17. The third-order valence-corrected chi connectivity index (χ3v) is 2.68. The molecule has 1 fully saturated rings. The van der Waals surface area contributed by atoms with Gasteiger partial charge in [0.2, 0.25) is 5.96 Å². The predicted molar refractivity (Wildman–Crippen MR) is 69.6 cm³/mol. The summed E-state index contributed by atoms with van der Waals surface area (Å²) >= 11 is 0.